The van der Waals surface area contributed by atoms with Gasteiger partial charge in [-0.1, -0.05) is 6.07 Å². The fraction of sp³-hybridized carbons (Fsp3) is 0.519. The first-order valence-electron chi connectivity index (χ1n) is 13.1. The first kappa shape index (κ1) is 24.1. The Morgan fingerprint density at radius 2 is 1.95 bits per heavy atom. The number of fused-ring (bicyclic) bond motifs is 2. The van der Waals surface area contributed by atoms with Crippen molar-refractivity contribution >= 4 is 17.0 Å². The summed E-state index contributed by atoms with van der Waals surface area (Å²) in [5, 5.41) is 13.5. The third kappa shape index (κ3) is 4.52. The number of piperazine rings is 2. The molecule has 0 amide bonds. The van der Waals surface area contributed by atoms with Gasteiger partial charge in [-0.2, -0.15) is 10.4 Å². The summed E-state index contributed by atoms with van der Waals surface area (Å²) in [6.45, 7) is 11.7. The van der Waals surface area contributed by atoms with E-state index in [2.05, 4.69) is 61.7 Å². The molecule has 2 N–H and O–H groups in total. The minimum absolute atomic E-state index is 0.103. The number of nitrogens with zero attached hydrogens (tertiary/aromatic N) is 8. The summed E-state index contributed by atoms with van der Waals surface area (Å²) < 4.78 is 16.1. The van der Waals surface area contributed by atoms with Crippen molar-refractivity contribution in [2.24, 2.45) is 5.73 Å². The maximum Gasteiger partial charge on any atom is 0.171 e. The second kappa shape index (κ2) is 9.24. The first-order chi connectivity index (χ1) is 17.8. The van der Waals surface area contributed by atoms with E-state index in [1.807, 2.05) is 12.3 Å². The average Bonchev–Trinajstić information content (AvgIpc) is 3.27. The molecule has 6 heterocycles. The Kier molecular flexibility index (Phi) is 6.02. The van der Waals surface area contributed by atoms with Gasteiger partial charge in [-0.15, -0.1) is 0 Å². The van der Waals surface area contributed by atoms with Gasteiger partial charge in [0.2, 0.25) is 0 Å². The van der Waals surface area contributed by atoms with Crippen LogP contribution in [-0.2, 0) is 6.42 Å². The molecule has 0 bridgehead atoms. The van der Waals surface area contributed by atoms with Crippen LogP contribution in [0.4, 0.5) is 15.9 Å². The van der Waals surface area contributed by atoms with E-state index in [0.717, 1.165) is 70.3 Å². The van der Waals surface area contributed by atoms with E-state index in [1.54, 1.807) is 6.07 Å². The molecule has 10 heteroatoms. The molecule has 0 aromatic carbocycles. The van der Waals surface area contributed by atoms with Crippen LogP contribution >= 0.6 is 0 Å². The molecular formula is C27H34FN9. The summed E-state index contributed by atoms with van der Waals surface area (Å²) in [6, 6.07) is 10.7. The number of rotatable bonds is 5. The van der Waals surface area contributed by atoms with Crippen LogP contribution in [0.1, 0.15) is 25.1 Å². The highest BCUT2D eigenvalue weighted by Gasteiger charge is 2.37. The topological polar surface area (TPSA) is 93.0 Å². The molecule has 0 radical (unpaired) electrons. The lowest BCUT2D eigenvalue weighted by atomic mass is 9.94. The SMILES string of the molecule is CC1CN(c2ccc(C#N)n3ncc(F)c23)CC2CN(CCc3ccc(N4CC(C)(N)C4)nc3)CCN12. The normalized spacial score (nSPS) is 24.1. The molecule has 3 aromatic heterocycles. The average molecular weight is 504 g/mol. The van der Waals surface area contributed by atoms with E-state index >= 15 is 0 Å². The monoisotopic (exact) mass is 503 g/mol. The molecule has 3 aliphatic heterocycles. The highest BCUT2D eigenvalue weighted by molar-refractivity contribution is 5.75. The Bertz CT molecular complexity index is 1320. The Morgan fingerprint density at radius 1 is 1.11 bits per heavy atom. The van der Waals surface area contributed by atoms with Crippen LogP contribution in [0.25, 0.3) is 5.52 Å². The first-order valence-corrected chi connectivity index (χ1v) is 13.1. The molecule has 0 spiro atoms. The van der Waals surface area contributed by atoms with Gasteiger partial charge in [0.25, 0.3) is 0 Å². The van der Waals surface area contributed by atoms with Crippen molar-refractivity contribution < 1.29 is 4.39 Å². The zero-order chi connectivity index (χ0) is 25.7. The number of halogens is 1. The number of pyridine rings is 2. The van der Waals surface area contributed by atoms with Crippen LogP contribution in [0.2, 0.25) is 0 Å². The lowest BCUT2D eigenvalue weighted by molar-refractivity contribution is 0.0356. The summed E-state index contributed by atoms with van der Waals surface area (Å²) in [5.74, 6) is 0.612. The third-order valence-corrected chi connectivity index (χ3v) is 8.10. The van der Waals surface area contributed by atoms with Gasteiger partial charge in [0.05, 0.1) is 11.9 Å². The molecule has 9 nitrogen and oxygen atoms in total. The summed E-state index contributed by atoms with van der Waals surface area (Å²) in [7, 11) is 0. The van der Waals surface area contributed by atoms with E-state index in [-0.39, 0.29) is 5.54 Å². The third-order valence-electron chi connectivity index (χ3n) is 8.10. The molecule has 6 rings (SSSR count). The van der Waals surface area contributed by atoms with Crippen molar-refractivity contribution in [1.29, 1.82) is 5.26 Å². The summed E-state index contributed by atoms with van der Waals surface area (Å²) >= 11 is 0. The highest BCUT2D eigenvalue weighted by Crippen LogP contribution is 2.30. The molecule has 3 fully saturated rings. The van der Waals surface area contributed by atoms with Gasteiger partial charge < -0.3 is 20.4 Å². The second-order valence-electron chi connectivity index (χ2n) is 11.2. The number of hydrogen-bond acceptors (Lipinski definition) is 8. The van der Waals surface area contributed by atoms with Gasteiger partial charge in [-0.05, 0) is 44.0 Å². The predicted molar refractivity (Wildman–Crippen MR) is 141 cm³/mol. The smallest absolute Gasteiger partial charge is 0.171 e. The molecule has 3 aliphatic rings. The predicted octanol–water partition coefficient (Wildman–Crippen LogP) is 1.71. The molecule has 3 aromatic rings. The summed E-state index contributed by atoms with van der Waals surface area (Å²) in [4.78, 5) is 14.3. The van der Waals surface area contributed by atoms with E-state index < -0.39 is 5.82 Å². The van der Waals surface area contributed by atoms with Gasteiger partial charge >= 0.3 is 0 Å². The Morgan fingerprint density at radius 3 is 2.68 bits per heavy atom. The minimum Gasteiger partial charge on any atom is -0.367 e. The van der Waals surface area contributed by atoms with Crippen LogP contribution in [-0.4, -0.2) is 94.4 Å². The van der Waals surface area contributed by atoms with Crippen molar-refractivity contribution in [3.8, 4) is 6.07 Å². The van der Waals surface area contributed by atoms with Crippen LogP contribution in [0.15, 0.2) is 36.7 Å². The van der Waals surface area contributed by atoms with Crippen LogP contribution in [0.3, 0.4) is 0 Å². The van der Waals surface area contributed by atoms with Crippen molar-refractivity contribution in [2.75, 3.05) is 62.2 Å². The van der Waals surface area contributed by atoms with Gasteiger partial charge in [0.1, 0.15) is 23.1 Å². The summed E-state index contributed by atoms with van der Waals surface area (Å²) in [6.07, 6.45) is 4.16. The molecule has 2 unspecified atom stereocenters. The molecule has 194 valence electrons. The van der Waals surface area contributed by atoms with Crippen molar-refractivity contribution in [3.63, 3.8) is 0 Å². The Balaban J connectivity index is 1.11. The van der Waals surface area contributed by atoms with Gasteiger partial charge in [0.15, 0.2) is 5.82 Å². The van der Waals surface area contributed by atoms with Crippen LogP contribution in [0.5, 0.6) is 0 Å². The van der Waals surface area contributed by atoms with E-state index in [9.17, 15) is 9.65 Å². The number of aromatic nitrogens is 3. The van der Waals surface area contributed by atoms with E-state index in [1.165, 1.54) is 16.3 Å². The number of anilines is 2. The van der Waals surface area contributed by atoms with E-state index in [4.69, 9.17) is 5.73 Å². The van der Waals surface area contributed by atoms with E-state index in [0.29, 0.717) is 23.3 Å². The number of nitrogens with two attached hydrogens (primary N) is 1. The van der Waals surface area contributed by atoms with Crippen LogP contribution < -0.4 is 15.5 Å². The molecule has 2 atom stereocenters. The second-order valence-corrected chi connectivity index (χ2v) is 11.2. The zero-order valence-corrected chi connectivity index (χ0v) is 21.5. The lowest BCUT2D eigenvalue weighted by Crippen LogP contribution is -2.65. The molecule has 0 aliphatic carbocycles. The molecule has 3 saturated heterocycles. The Labute approximate surface area is 216 Å². The maximum atomic E-state index is 14.7. The molecule has 0 saturated carbocycles. The highest BCUT2D eigenvalue weighted by atomic mass is 19.1. The summed E-state index contributed by atoms with van der Waals surface area (Å²) in [5.41, 5.74) is 8.80. The van der Waals surface area contributed by atoms with Crippen molar-refractivity contribution in [1.82, 2.24) is 24.4 Å². The standard InChI is InChI=1S/C27H34FN9/c1-19-14-34(24-5-4-21(11-29)37-26(24)23(28)13-32-37)16-22-15-33(9-10-36(19)22)8-7-20-3-6-25(31-12-20)35-17-27(2,30)18-35/h3-6,12-13,19,22H,7-10,14-18,30H2,1-2H3. The van der Waals surface area contributed by atoms with Crippen LogP contribution in [0, 0.1) is 17.1 Å². The number of nitriles is 1. The molecule has 37 heavy (non-hydrogen) atoms. The number of hydrogen-bond donors (Lipinski definition) is 1. The molecular weight excluding hydrogens is 469 g/mol. The minimum atomic E-state index is -0.391. The largest absolute Gasteiger partial charge is 0.367 e. The fourth-order valence-electron chi connectivity index (χ4n) is 6.24. The van der Waals surface area contributed by atoms with Gasteiger partial charge in [-0.3, -0.25) is 4.90 Å². The lowest BCUT2D eigenvalue weighted by Gasteiger charge is -2.51. The Hall–Kier alpha value is -3.26. The quantitative estimate of drug-likeness (QED) is 0.563. The zero-order valence-electron chi connectivity index (χ0n) is 21.5. The fourth-order valence-corrected chi connectivity index (χ4v) is 6.24. The van der Waals surface area contributed by atoms with Crippen molar-refractivity contribution in [3.05, 3.63) is 53.7 Å². The van der Waals surface area contributed by atoms with Gasteiger partial charge in [0, 0.05) is 76.2 Å². The maximum absolute atomic E-state index is 14.7. The van der Waals surface area contributed by atoms with Gasteiger partial charge in [-0.25, -0.2) is 13.9 Å². The van der Waals surface area contributed by atoms with Crippen molar-refractivity contribution in [2.45, 2.75) is 37.9 Å².